The number of rotatable bonds is 5. The summed E-state index contributed by atoms with van der Waals surface area (Å²) in [5.41, 5.74) is 4.90. The van der Waals surface area contributed by atoms with Crippen molar-refractivity contribution in [2.24, 2.45) is 5.73 Å². The zero-order valence-corrected chi connectivity index (χ0v) is 10.5. The first-order valence-corrected chi connectivity index (χ1v) is 5.46. The molecule has 1 rings (SSSR count). The molecule has 0 aliphatic heterocycles. The summed E-state index contributed by atoms with van der Waals surface area (Å²) in [5, 5.41) is 15.3. The Kier molecular flexibility index (Phi) is 4.80. The maximum atomic E-state index is 10.6. The molecular formula is C9H12Cl2N4O2. The lowest BCUT2D eigenvalue weighted by molar-refractivity contribution is -0.125. The van der Waals surface area contributed by atoms with Gasteiger partial charge >= 0.3 is 0 Å². The quantitative estimate of drug-likeness (QED) is 0.635. The van der Waals surface area contributed by atoms with Gasteiger partial charge < -0.3 is 21.5 Å². The Morgan fingerprint density at radius 3 is 2.65 bits per heavy atom. The third-order valence-corrected chi connectivity index (χ3v) is 2.53. The Morgan fingerprint density at radius 2 is 2.12 bits per heavy atom. The highest BCUT2D eigenvalue weighted by Gasteiger charge is 2.13. The number of primary amides is 1. The van der Waals surface area contributed by atoms with Crippen LogP contribution in [-0.4, -0.2) is 35.7 Å². The molecule has 5 N–H and O–H groups in total. The fourth-order valence-electron chi connectivity index (χ4n) is 1.06. The number of halogens is 2. The number of nitrogens with two attached hydrogens (primary N) is 1. The van der Waals surface area contributed by atoms with E-state index in [1.54, 1.807) is 7.05 Å². The molecule has 1 heterocycles. The van der Waals surface area contributed by atoms with E-state index >= 15 is 0 Å². The van der Waals surface area contributed by atoms with Crippen molar-refractivity contribution in [3.05, 3.63) is 16.1 Å². The van der Waals surface area contributed by atoms with Crippen molar-refractivity contribution in [2.75, 3.05) is 24.2 Å². The molecule has 1 amide bonds. The third kappa shape index (κ3) is 3.62. The van der Waals surface area contributed by atoms with Crippen LogP contribution in [0.1, 0.15) is 0 Å². The van der Waals surface area contributed by atoms with Gasteiger partial charge in [-0.3, -0.25) is 4.79 Å². The van der Waals surface area contributed by atoms with E-state index in [9.17, 15) is 9.90 Å². The van der Waals surface area contributed by atoms with Crippen molar-refractivity contribution in [1.82, 2.24) is 4.98 Å². The van der Waals surface area contributed by atoms with Gasteiger partial charge in [0.05, 0.1) is 16.6 Å². The lowest BCUT2D eigenvalue weighted by atomic mass is 10.3. The Labute approximate surface area is 108 Å². The molecule has 1 atom stereocenters. The molecule has 0 aliphatic rings. The Morgan fingerprint density at radius 1 is 1.53 bits per heavy atom. The maximum Gasteiger partial charge on any atom is 0.248 e. The number of carbonyl (C=O) groups is 1. The minimum Gasteiger partial charge on any atom is -0.381 e. The van der Waals surface area contributed by atoms with Crippen LogP contribution >= 0.6 is 23.2 Å². The van der Waals surface area contributed by atoms with E-state index in [0.717, 1.165) is 0 Å². The van der Waals surface area contributed by atoms with Crippen LogP contribution in [0.5, 0.6) is 0 Å². The molecule has 1 unspecified atom stereocenters. The molecule has 0 fully saturated rings. The lowest BCUT2D eigenvalue weighted by Crippen LogP contribution is -2.34. The number of hydrogen-bond donors (Lipinski definition) is 4. The van der Waals surface area contributed by atoms with E-state index in [0.29, 0.717) is 16.7 Å². The normalized spacial score (nSPS) is 12.0. The van der Waals surface area contributed by atoms with Crippen LogP contribution < -0.4 is 16.4 Å². The molecule has 17 heavy (non-hydrogen) atoms. The first-order chi connectivity index (χ1) is 7.95. The summed E-state index contributed by atoms with van der Waals surface area (Å²) in [7, 11) is 1.66. The molecule has 8 heteroatoms. The molecular weight excluding hydrogens is 267 g/mol. The zero-order valence-electron chi connectivity index (χ0n) is 9.00. The number of aliphatic hydroxyl groups is 1. The predicted molar refractivity (Wildman–Crippen MR) is 67.5 cm³/mol. The number of aliphatic hydroxyl groups excluding tert-OH is 1. The van der Waals surface area contributed by atoms with Gasteiger partial charge in [-0.2, -0.15) is 0 Å². The highest BCUT2D eigenvalue weighted by molar-refractivity contribution is 6.37. The summed E-state index contributed by atoms with van der Waals surface area (Å²) in [6.45, 7) is -0.0765. The minimum absolute atomic E-state index is 0.0765. The average molecular weight is 279 g/mol. The molecule has 1 aromatic heterocycles. The van der Waals surface area contributed by atoms with Crippen molar-refractivity contribution in [1.29, 1.82) is 0 Å². The van der Waals surface area contributed by atoms with E-state index in [4.69, 9.17) is 28.9 Å². The third-order valence-electron chi connectivity index (χ3n) is 1.96. The van der Waals surface area contributed by atoms with Gasteiger partial charge in [0, 0.05) is 7.05 Å². The van der Waals surface area contributed by atoms with E-state index in [1.807, 2.05) is 0 Å². The van der Waals surface area contributed by atoms with Gasteiger partial charge in [-0.1, -0.05) is 23.2 Å². The van der Waals surface area contributed by atoms with Gasteiger partial charge in [0.2, 0.25) is 5.91 Å². The molecule has 94 valence electrons. The number of hydrogen-bond acceptors (Lipinski definition) is 5. The first kappa shape index (κ1) is 13.8. The Balaban J connectivity index is 2.80. The average Bonchev–Trinajstić information content (AvgIpc) is 2.27. The minimum atomic E-state index is -1.30. The van der Waals surface area contributed by atoms with Crippen LogP contribution in [0.2, 0.25) is 10.0 Å². The molecule has 0 aliphatic carbocycles. The molecule has 0 spiro atoms. The van der Waals surface area contributed by atoms with E-state index < -0.39 is 12.0 Å². The smallest absolute Gasteiger partial charge is 0.248 e. The standard InChI is InChI=1S/C9H12Cl2N4O2/c1-13-8-4(10)2-5(11)9(15-8)14-3-6(16)7(12)17/h2,6,16H,3H2,1H3,(H2,12,17)(H2,13,14,15). The lowest BCUT2D eigenvalue weighted by Gasteiger charge is -2.12. The Bertz CT molecular complexity index is 428. The number of carbonyl (C=O) groups excluding carboxylic acids is 1. The molecule has 0 saturated carbocycles. The molecule has 0 saturated heterocycles. The number of anilines is 2. The van der Waals surface area contributed by atoms with Gasteiger partial charge in [0.15, 0.2) is 0 Å². The highest BCUT2D eigenvalue weighted by Crippen LogP contribution is 2.28. The van der Waals surface area contributed by atoms with Crippen LogP contribution in [0.15, 0.2) is 6.07 Å². The monoisotopic (exact) mass is 278 g/mol. The summed E-state index contributed by atoms with van der Waals surface area (Å²) in [6.07, 6.45) is -1.30. The second kappa shape index (κ2) is 5.90. The van der Waals surface area contributed by atoms with Crippen molar-refractivity contribution < 1.29 is 9.90 Å². The van der Waals surface area contributed by atoms with Crippen molar-refractivity contribution >= 4 is 40.7 Å². The van der Waals surface area contributed by atoms with Crippen LogP contribution in [0.3, 0.4) is 0 Å². The van der Waals surface area contributed by atoms with Crippen molar-refractivity contribution in [3.8, 4) is 0 Å². The molecule has 0 aromatic carbocycles. The predicted octanol–water partition coefficient (Wildman–Crippen LogP) is 0.688. The Hall–Kier alpha value is -1.24. The van der Waals surface area contributed by atoms with Crippen LogP contribution in [0, 0.1) is 0 Å². The van der Waals surface area contributed by atoms with E-state index in [2.05, 4.69) is 15.6 Å². The fraction of sp³-hybridized carbons (Fsp3) is 0.333. The second-order valence-electron chi connectivity index (χ2n) is 3.20. The van der Waals surface area contributed by atoms with Gasteiger partial charge in [0.1, 0.15) is 17.7 Å². The van der Waals surface area contributed by atoms with E-state index in [-0.39, 0.29) is 11.6 Å². The zero-order chi connectivity index (χ0) is 13.0. The van der Waals surface area contributed by atoms with Gasteiger partial charge in [0.25, 0.3) is 0 Å². The van der Waals surface area contributed by atoms with Gasteiger partial charge in [-0.15, -0.1) is 0 Å². The number of nitrogens with zero attached hydrogens (tertiary/aromatic N) is 1. The molecule has 0 bridgehead atoms. The number of amides is 1. The first-order valence-electron chi connectivity index (χ1n) is 4.70. The maximum absolute atomic E-state index is 10.6. The highest BCUT2D eigenvalue weighted by atomic mass is 35.5. The van der Waals surface area contributed by atoms with E-state index in [1.165, 1.54) is 6.07 Å². The molecule has 0 radical (unpaired) electrons. The van der Waals surface area contributed by atoms with Crippen LogP contribution in [-0.2, 0) is 4.79 Å². The number of nitrogens with one attached hydrogen (secondary N) is 2. The second-order valence-corrected chi connectivity index (χ2v) is 4.01. The number of pyridine rings is 1. The summed E-state index contributed by atoms with van der Waals surface area (Å²) in [4.78, 5) is 14.7. The topological polar surface area (TPSA) is 100 Å². The van der Waals surface area contributed by atoms with Crippen molar-refractivity contribution in [3.63, 3.8) is 0 Å². The summed E-state index contributed by atoms with van der Waals surface area (Å²) < 4.78 is 0. The van der Waals surface area contributed by atoms with Crippen LogP contribution in [0.4, 0.5) is 11.6 Å². The fourth-order valence-corrected chi connectivity index (χ4v) is 1.58. The van der Waals surface area contributed by atoms with Gasteiger partial charge in [-0.05, 0) is 6.07 Å². The summed E-state index contributed by atoms with van der Waals surface area (Å²) >= 11 is 11.7. The van der Waals surface area contributed by atoms with Crippen molar-refractivity contribution in [2.45, 2.75) is 6.10 Å². The summed E-state index contributed by atoms with van der Waals surface area (Å²) in [6, 6.07) is 1.50. The molecule has 1 aromatic rings. The molecule has 6 nitrogen and oxygen atoms in total. The van der Waals surface area contributed by atoms with Crippen LogP contribution in [0.25, 0.3) is 0 Å². The largest absolute Gasteiger partial charge is 0.381 e. The number of aromatic nitrogens is 1. The SMILES string of the molecule is CNc1nc(NCC(O)C(N)=O)c(Cl)cc1Cl. The van der Waals surface area contributed by atoms with Gasteiger partial charge in [-0.25, -0.2) is 4.98 Å². The summed E-state index contributed by atoms with van der Waals surface area (Å²) in [5.74, 6) is -0.0794.